The molecule has 1 rings (SSSR count). The van der Waals surface area contributed by atoms with Gasteiger partial charge in [-0.2, -0.15) is 5.26 Å². The maximum absolute atomic E-state index is 10.6. The quantitative estimate of drug-likeness (QED) is 0.716. The van der Waals surface area contributed by atoms with Crippen molar-refractivity contribution in [1.82, 2.24) is 10.6 Å². The Bertz CT molecular complexity index is 378. The Morgan fingerprint density at radius 1 is 1.31 bits per heavy atom. The smallest absolute Gasteiger partial charge is 0.216 e. The summed E-state index contributed by atoms with van der Waals surface area (Å²) in [6.45, 7) is 3.61. The summed E-state index contributed by atoms with van der Waals surface area (Å²) in [7, 11) is 0. The molecule has 0 bridgehead atoms. The number of carbonyl (C=O) groups is 1. The number of benzene rings is 1. The molecule has 0 radical (unpaired) electrons. The van der Waals surface area contributed by atoms with Crippen molar-refractivity contribution in [2.75, 3.05) is 13.1 Å². The molecule has 0 spiro atoms. The van der Waals surface area contributed by atoms with E-state index in [4.69, 9.17) is 5.26 Å². The highest BCUT2D eigenvalue weighted by Crippen LogP contribution is 2.02. The molecule has 0 saturated carbocycles. The number of nitriles is 1. The van der Waals surface area contributed by atoms with Gasteiger partial charge in [-0.25, -0.2) is 0 Å². The van der Waals surface area contributed by atoms with Gasteiger partial charge in [0.2, 0.25) is 5.91 Å². The van der Waals surface area contributed by atoms with Gasteiger partial charge in [-0.1, -0.05) is 12.1 Å². The number of carbonyl (C=O) groups excluding carboxylic acids is 1. The second-order valence-electron chi connectivity index (χ2n) is 3.47. The van der Waals surface area contributed by atoms with Crippen molar-refractivity contribution in [3.63, 3.8) is 0 Å². The van der Waals surface area contributed by atoms with Crippen LogP contribution in [0.15, 0.2) is 24.3 Å². The molecule has 0 saturated heterocycles. The predicted molar refractivity (Wildman–Crippen MR) is 61.5 cm³/mol. The highest BCUT2D eigenvalue weighted by Gasteiger charge is 1.94. The lowest BCUT2D eigenvalue weighted by molar-refractivity contribution is -0.118. The molecule has 1 aromatic rings. The molecule has 1 amide bonds. The zero-order valence-electron chi connectivity index (χ0n) is 9.29. The maximum Gasteiger partial charge on any atom is 0.216 e. The van der Waals surface area contributed by atoms with E-state index in [1.807, 2.05) is 12.1 Å². The molecule has 0 aromatic heterocycles. The molecule has 0 heterocycles. The Morgan fingerprint density at radius 2 is 2.00 bits per heavy atom. The van der Waals surface area contributed by atoms with E-state index >= 15 is 0 Å². The van der Waals surface area contributed by atoms with Gasteiger partial charge in [0.15, 0.2) is 0 Å². The minimum absolute atomic E-state index is 0.0137. The zero-order chi connectivity index (χ0) is 11.8. The van der Waals surface area contributed by atoms with E-state index < -0.39 is 0 Å². The topological polar surface area (TPSA) is 64.9 Å². The summed E-state index contributed by atoms with van der Waals surface area (Å²) in [6, 6.07) is 9.51. The van der Waals surface area contributed by atoms with Gasteiger partial charge in [-0.15, -0.1) is 0 Å². The first-order chi connectivity index (χ1) is 7.72. The van der Waals surface area contributed by atoms with Crippen LogP contribution in [0, 0.1) is 11.3 Å². The molecule has 4 nitrogen and oxygen atoms in total. The van der Waals surface area contributed by atoms with E-state index in [9.17, 15) is 4.79 Å². The van der Waals surface area contributed by atoms with Crippen LogP contribution in [0.5, 0.6) is 0 Å². The maximum atomic E-state index is 10.6. The van der Waals surface area contributed by atoms with Crippen molar-refractivity contribution in [2.24, 2.45) is 0 Å². The van der Waals surface area contributed by atoms with Crippen LogP contribution < -0.4 is 10.6 Å². The van der Waals surface area contributed by atoms with Gasteiger partial charge >= 0.3 is 0 Å². The van der Waals surface area contributed by atoms with Crippen LogP contribution in [-0.2, 0) is 11.3 Å². The normalized spacial score (nSPS) is 9.50. The average molecular weight is 217 g/mol. The SMILES string of the molecule is CC(=O)NCCNCc1ccc(C#N)cc1. The Morgan fingerprint density at radius 3 is 2.56 bits per heavy atom. The van der Waals surface area contributed by atoms with E-state index in [0.29, 0.717) is 12.1 Å². The Balaban J connectivity index is 2.22. The van der Waals surface area contributed by atoms with E-state index in [0.717, 1.165) is 18.7 Å². The van der Waals surface area contributed by atoms with Crippen molar-refractivity contribution in [3.8, 4) is 6.07 Å². The molecular weight excluding hydrogens is 202 g/mol. The van der Waals surface area contributed by atoms with Crippen LogP contribution in [0.25, 0.3) is 0 Å². The number of hydrogen-bond donors (Lipinski definition) is 2. The van der Waals surface area contributed by atoms with Crippen molar-refractivity contribution in [2.45, 2.75) is 13.5 Å². The summed E-state index contributed by atoms with van der Waals surface area (Å²) in [6.07, 6.45) is 0. The monoisotopic (exact) mass is 217 g/mol. The molecule has 0 aliphatic heterocycles. The summed E-state index contributed by atoms with van der Waals surface area (Å²) >= 11 is 0. The number of amides is 1. The lowest BCUT2D eigenvalue weighted by Crippen LogP contribution is -2.29. The van der Waals surface area contributed by atoms with Gasteiger partial charge in [-0.3, -0.25) is 4.79 Å². The third-order valence-electron chi connectivity index (χ3n) is 2.09. The summed E-state index contributed by atoms with van der Waals surface area (Å²) in [4.78, 5) is 10.6. The van der Waals surface area contributed by atoms with Crippen LogP contribution in [-0.4, -0.2) is 19.0 Å². The van der Waals surface area contributed by atoms with Crippen LogP contribution in [0.4, 0.5) is 0 Å². The largest absolute Gasteiger partial charge is 0.355 e. The average Bonchev–Trinajstić information content (AvgIpc) is 2.29. The van der Waals surface area contributed by atoms with E-state index in [1.54, 1.807) is 12.1 Å². The first-order valence-corrected chi connectivity index (χ1v) is 5.16. The van der Waals surface area contributed by atoms with Crippen LogP contribution >= 0.6 is 0 Å². The third kappa shape index (κ3) is 4.58. The van der Waals surface area contributed by atoms with Crippen molar-refractivity contribution in [1.29, 1.82) is 5.26 Å². The predicted octanol–water partition coefficient (Wildman–Crippen LogP) is 0.784. The standard InChI is InChI=1S/C12H15N3O/c1-10(16)15-7-6-14-9-12-4-2-11(8-13)3-5-12/h2-5,14H,6-7,9H2,1H3,(H,15,16). The van der Waals surface area contributed by atoms with Gasteiger partial charge < -0.3 is 10.6 Å². The molecule has 2 N–H and O–H groups in total. The summed E-state index contributed by atoms with van der Waals surface area (Å²) in [5.41, 5.74) is 1.80. The fraction of sp³-hybridized carbons (Fsp3) is 0.333. The second kappa shape index (κ2) is 6.59. The molecular formula is C12H15N3O. The fourth-order valence-corrected chi connectivity index (χ4v) is 1.26. The first kappa shape index (κ1) is 12.2. The Labute approximate surface area is 95.3 Å². The van der Waals surface area contributed by atoms with Gasteiger partial charge in [0.05, 0.1) is 11.6 Å². The zero-order valence-corrected chi connectivity index (χ0v) is 9.29. The number of nitrogens with one attached hydrogen (secondary N) is 2. The van der Waals surface area contributed by atoms with Crippen molar-refractivity contribution < 1.29 is 4.79 Å². The lowest BCUT2D eigenvalue weighted by Gasteiger charge is -2.05. The molecule has 0 aliphatic rings. The Hall–Kier alpha value is -1.86. The highest BCUT2D eigenvalue weighted by atomic mass is 16.1. The molecule has 0 unspecified atom stereocenters. The molecule has 16 heavy (non-hydrogen) atoms. The van der Waals surface area contributed by atoms with Crippen LogP contribution in [0.1, 0.15) is 18.1 Å². The van der Waals surface area contributed by atoms with Gasteiger partial charge in [0.25, 0.3) is 0 Å². The number of hydrogen-bond acceptors (Lipinski definition) is 3. The Kier molecular flexibility index (Phi) is 5.03. The van der Waals surface area contributed by atoms with Crippen LogP contribution in [0.3, 0.4) is 0 Å². The van der Waals surface area contributed by atoms with Gasteiger partial charge in [0, 0.05) is 26.6 Å². The lowest BCUT2D eigenvalue weighted by atomic mass is 10.1. The van der Waals surface area contributed by atoms with Crippen LogP contribution in [0.2, 0.25) is 0 Å². The summed E-state index contributed by atoms with van der Waals surface area (Å²) in [5.74, 6) is -0.0137. The molecule has 0 fully saturated rings. The molecule has 1 aromatic carbocycles. The van der Waals surface area contributed by atoms with Crippen molar-refractivity contribution >= 4 is 5.91 Å². The number of rotatable bonds is 5. The third-order valence-corrected chi connectivity index (χ3v) is 2.09. The minimum Gasteiger partial charge on any atom is -0.355 e. The van der Waals surface area contributed by atoms with Gasteiger partial charge in [-0.05, 0) is 17.7 Å². The summed E-state index contributed by atoms with van der Waals surface area (Å²) < 4.78 is 0. The number of nitrogens with zero attached hydrogens (tertiary/aromatic N) is 1. The highest BCUT2D eigenvalue weighted by molar-refractivity contribution is 5.72. The first-order valence-electron chi connectivity index (χ1n) is 5.16. The van der Waals surface area contributed by atoms with E-state index in [2.05, 4.69) is 16.7 Å². The van der Waals surface area contributed by atoms with E-state index in [-0.39, 0.29) is 5.91 Å². The summed E-state index contributed by atoms with van der Waals surface area (Å²) in [5, 5.41) is 14.5. The van der Waals surface area contributed by atoms with Gasteiger partial charge in [0.1, 0.15) is 0 Å². The molecule has 84 valence electrons. The molecule has 4 heteroatoms. The minimum atomic E-state index is -0.0137. The van der Waals surface area contributed by atoms with Crippen molar-refractivity contribution in [3.05, 3.63) is 35.4 Å². The molecule has 0 aliphatic carbocycles. The van der Waals surface area contributed by atoms with E-state index in [1.165, 1.54) is 6.92 Å². The second-order valence-corrected chi connectivity index (χ2v) is 3.47. The molecule has 0 atom stereocenters. The fourth-order valence-electron chi connectivity index (χ4n) is 1.26.